The highest BCUT2D eigenvalue weighted by Gasteiger charge is 2.15. The van der Waals surface area contributed by atoms with Crippen molar-refractivity contribution in [2.24, 2.45) is 0 Å². The molecular formula is C22H21N3O3. The Hall–Kier alpha value is -3.54. The van der Waals surface area contributed by atoms with E-state index >= 15 is 0 Å². The third-order valence-electron chi connectivity index (χ3n) is 5.00. The molecule has 0 radical (unpaired) electrons. The number of benzene rings is 2. The van der Waals surface area contributed by atoms with Crippen molar-refractivity contribution in [3.05, 3.63) is 81.7 Å². The van der Waals surface area contributed by atoms with Crippen LogP contribution in [0.3, 0.4) is 0 Å². The number of anilines is 1. The van der Waals surface area contributed by atoms with Gasteiger partial charge in [-0.25, -0.2) is 4.79 Å². The van der Waals surface area contributed by atoms with E-state index in [2.05, 4.69) is 10.3 Å². The lowest BCUT2D eigenvalue weighted by Crippen LogP contribution is -2.20. The number of amides is 1. The van der Waals surface area contributed by atoms with Crippen molar-refractivity contribution >= 4 is 22.6 Å². The number of carbonyl (C=O) groups excluding carboxylic acids is 1. The Bertz CT molecular complexity index is 1240. The van der Waals surface area contributed by atoms with Gasteiger partial charge in [0.1, 0.15) is 5.58 Å². The number of nitrogens with one attached hydrogen (secondary N) is 2. The van der Waals surface area contributed by atoms with Crippen LogP contribution in [0.1, 0.15) is 22.4 Å². The molecule has 2 N–H and O–H groups in total. The monoisotopic (exact) mass is 375 g/mol. The second-order valence-corrected chi connectivity index (χ2v) is 7.01. The van der Waals surface area contributed by atoms with Crippen LogP contribution >= 0.6 is 0 Å². The van der Waals surface area contributed by atoms with Crippen molar-refractivity contribution in [3.63, 3.8) is 0 Å². The first-order valence-corrected chi connectivity index (χ1v) is 9.07. The molecule has 6 heteroatoms. The second kappa shape index (κ2) is 6.88. The minimum absolute atomic E-state index is 0.172. The lowest BCUT2D eigenvalue weighted by Gasteiger charge is -2.12. The minimum Gasteiger partial charge on any atom is -0.464 e. The van der Waals surface area contributed by atoms with Gasteiger partial charge in [-0.2, -0.15) is 0 Å². The molecule has 6 nitrogen and oxygen atoms in total. The zero-order valence-corrected chi connectivity index (χ0v) is 16.0. The third-order valence-corrected chi connectivity index (χ3v) is 5.00. The van der Waals surface area contributed by atoms with Gasteiger partial charge in [0.15, 0.2) is 0 Å². The predicted octanol–water partition coefficient (Wildman–Crippen LogP) is 4.02. The number of furan rings is 1. The van der Waals surface area contributed by atoms with E-state index in [0.717, 1.165) is 33.4 Å². The van der Waals surface area contributed by atoms with Crippen molar-refractivity contribution in [2.75, 3.05) is 5.32 Å². The Morgan fingerprint density at radius 2 is 1.89 bits per heavy atom. The van der Waals surface area contributed by atoms with Crippen LogP contribution in [0, 0.1) is 20.8 Å². The van der Waals surface area contributed by atoms with Crippen molar-refractivity contribution in [3.8, 4) is 5.69 Å². The normalized spacial score (nSPS) is 11.1. The van der Waals surface area contributed by atoms with E-state index in [1.54, 1.807) is 24.6 Å². The van der Waals surface area contributed by atoms with Crippen LogP contribution in [0.25, 0.3) is 16.7 Å². The van der Waals surface area contributed by atoms with Crippen LogP contribution in [0.2, 0.25) is 0 Å². The van der Waals surface area contributed by atoms with Gasteiger partial charge in [-0.1, -0.05) is 12.1 Å². The number of aromatic amines is 1. The summed E-state index contributed by atoms with van der Waals surface area (Å²) in [6.07, 6.45) is 3.46. The van der Waals surface area contributed by atoms with Gasteiger partial charge in [-0.05, 0) is 56.2 Å². The van der Waals surface area contributed by atoms with Gasteiger partial charge >= 0.3 is 5.69 Å². The summed E-state index contributed by atoms with van der Waals surface area (Å²) in [7, 11) is 0. The van der Waals surface area contributed by atoms with Gasteiger partial charge in [-0.15, -0.1) is 0 Å². The number of hydrogen-bond donors (Lipinski definition) is 2. The SMILES string of the molecule is Cc1cc2occ(CC(=O)Nc3ccccc3-n3c(C)c[nH]c3=O)c2cc1C. The molecule has 0 saturated carbocycles. The van der Waals surface area contributed by atoms with Crippen LogP contribution in [-0.2, 0) is 11.2 Å². The number of rotatable bonds is 4. The highest BCUT2D eigenvalue weighted by molar-refractivity contribution is 5.97. The van der Waals surface area contributed by atoms with Crippen molar-refractivity contribution in [2.45, 2.75) is 27.2 Å². The Labute approximate surface area is 161 Å². The van der Waals surface area contributed by atoms with Crippen LogP contribution in [0.5, 0.6) is 0 Å². The molecule has 2 aromatic carbocycles. The number of carbonyl (C=O) groups is 1. The molecule has 4 rings (SSSR count). The second-order valence-electron chi connectivity index (χ2n) is 7.01. The Balaban J connectivity index is 1.62. The van der Waals surface area contributed by atoms with Gasteiger partial charge in [0.2, 0.25) is 5.91 Å². The van der Waals surface area contributed by atoms with Crippen LogP contribution in [0.4, 0.5) is 5.69 Å². The average Bonchev–Trinajstić information content (AvgIpc) is 3.19. The maximum Gasteiger partial charge on any atom is 0.330 e. The highest BCUT2D eigenvalue weighted by Crippen LogP contribution is 2.26. The first kappa shape index (κ1) is 17.9. The molecule has 0 aliphatic heterocycles. The van der Waals surface area contributed by atoms with Crippen molar-refractivity contribution in [1.82, 2.24) is 9.55 Å². The number of aromatic nitrogens is 2. The number of nitrogens with zero attached hydrogens (tertiary/aromatic N) is 1. The summed E-state index contributed by atoms with van der Waals surface area (Å²) in [4.78, 5) is 27.5. The fourth-order valence-corrected chi connectivity index (χ4v) is 3.37. The number of aryl methyl sites for hydroxylation is 3. The van der Waals surface area contributed by atoms with Crippen LogP contribution < -0.4 is 11.0 Å². The van der Waals surface area contributed by atoms with Crippen molar-refractivity contribution in [1.29, 1.82) is 0 Å². The summed E-state index contributed by atoms with van der Waals surface area (Å²) < 4.78 is 7.16. The number of H-pyrrole nitrogens is 1. The van der Waals surface area contributed by atoms with Gasteiger partial charge in [-0.3, -0.25) is 9.36 Å². The number of fused-ring (bicyclic) bond motifs is 1. The largest absolute Gasteiger partial charge is 0.464 e. The molecule has 2 aromatic heterocycles. The minimum atomic E-state index is -0.245. The van der Waals surface area contributed by atoms with Gasteiger partial charge in [0, 0.05) is 22.8 Å². The molecule has 4 aromatic rings. The van der Waals surface area contributed by atoms with E-state index in [9.17, 15) is 9.59 Å². The highest BCUT2D eigenvalue weighted by atomic mass is 16.3. The van der Waals surface area contributed by atoms with Gasteiger partial charge < -0.3 is 14.7 Å². The molecule has 0 saturated heterocycles. The fraction of sp³-hybridized carbons (Fsp3) is 0.182. The number of hydrogen-bond acceptors (Lipinski definition) is 3. The molecule has 1 amide bonds. The van der Waals surface area contributed by atoms with E-state index in [-0.39, 0.29) is 18.0 Å². The zero-order chi connectivity index (χ0) is 19.8. The Morgan fingerprint density at radius 1 is 1.14 bits per heavy atom. The molecule has 0 aliphatic rings. The van der Waals surface area contributed by atoms with Crippen molar-refractivity contribution < 1.29 is 9.21 Å². The van der Waals surface area contributed by atoms with E-state index in [0.29, 0.717) is 11.4 Å². The van der Waals surface area contributed by atoms with E-state index in [4.69, 9.17) is 4.42 Å². The molecular weight excluding hydrogens is 354 g/mol. The van der Waals surface area contributed by atoms with Crippen LogP contribution in [0.15, 0.2) is 58.1 Å². The maximum atomic E-state index is 12.7. The molecule has 2 heterocycles. The van der Waals surface area contributed by atoms with Gasteiger partial charge in [0.05, 0.1) is 24.1 Å². The lowest BCUT2D eigenvalue weighted by molar-refractivity contribution is -0.115. The lowest BCUT2D eigenvalue weighted by atomic mass is 10.0. The van der Waals surface area contributed by atoms with Gasteiger partial charge in [0.25, 0.3) is 0 Å². The zero-order valence-electron chi connectivity index (χ0n) is 16.0. The quantitative estimate of drug-likeness (QED) is 0.565. The molecule has 0 aliphatic carbocycles. The summed E-state index contributed by atoms with van der Waals surface area (Å²) >= 11 is 0. The molecule has 0 fully saturated rings. The average molecular weight is 375 g/mol. The van der Waals surface area contributed by atoms with E-state index in [1.807, 2.05) is 45.0 Å². The van der Waals surface area contributed by atoms with E-state index < -0.39 is 0 Å². The molecule has 0 atom stereocenters. The Morgan fingerprint density at radius 3 is 2.64 bits per heavy atom. The molecule has 0 bridgehead atoms. The fourth-order valence-electron chi connectivity index (χ4n) is 3.37. The standard InChI is InChI=1S/C22H21N3O3/c1-13-8-17-16(12-28-20(17)9-14(13)2)10-21(26)24-18-6-4-5-7-19(18)25-15(3)11-23-22(25)27/h4-9,11-12H,10H2,1-3H3,(H,23,27)(H,24,26). The summed E-state index contributed by atoms with van der Waals surface area (Å²) in [6.45, 7) is 5.91. The maximum absolute atomic E-state index is 12.7. The molecule has 0 spiro atoms. The summed E-state index contributed by atoms with van der Waals surface area (Å²) in [5, 5.41) is 3.88. The summed E-state index contributed by atoms with van der Waals surface area (Å²) in [5.74, 6) is -0.172. The predicted molar refractivity (Wildman–Crippen MR) is 109 cm³/mol. The topological polar surface area (TPSA) is 80.0 Å². The summed E-state index contributed by atoms with van der Waals surface area (Å²) in [6, 6.07) is 11.3. The number of imidazole rings is 1. The molecule has 28 heavy (non-hydrogen) atoms. The van der Waals surface area contributed by atoms with E-state index in [1.165, 1.54) is 4.57 Å². The number of para-hydroxylation sites is 2. The molecule has 142 valence electrons. The Kier molecular flexibility index (Phi) is 4.39. The smallest absolute Gasteiger partial charge is 0.330 e. The van der Waals surface area contributed by atoms with Crippen LogP contribution in [-0.4, -0.2) is 15.5 Å². The summed E-state index contributed by atoms with van der Waals surface area (Å²) in [5.41, 5.74) is 5.65. The third kappa shape index (κ3) is 3.13. The molecule has 0 unspecified atom stereocenters. The first-order valence-electron chi connectivity index (χ1n) is 9.07. The first-order chi connectivity index (χ1) is 13.4.